The van der Waals surface area contributed by atoms with E-state index in [1.54, 1.807) is 22.9 Å². The molecule has 1 aliphatic rings. The summed E-state index contributed by atoms with van der Waals surface area (Å²) in [6.07, 6.45) is 4.22. The molecule has 2 aromatic carbocycles. The lowest BCUT2D eigenvalue weighted by atomic mass is 9.48. The number of amides is 1. The third-order valence-corrected chi connectivity index (χ3v) is 8.30. The second-order valence-corrected chi connectivity index (χ2v) is 14.0. The predicted octanol–water partition coefficient (Wildman–Crippen LogP) is -2.70. The van der Waals surface area contributed by atoms with Crippen LogP contribution in [0.2, 0.25) is 0 Å². The van der Waals surface area contributed by atoms with Crippen LogP contribution in [0.1, 0.15) is 12.0 Å². The maximum Gasteiger partial charge on any atom is 0.334 e. The van der Waals surface area contributed by atoms with Gasteiger partial charge in [0.2, 0.25) is 11.9 Å². The highest BCUT2D eigenvalue weighted by Gasteiger charge is 2.25. The summed E-state index contributed by atoms with van der Waals surface area (Å²) >= 11 is 0. The van der Waals surface area contributed by atoms with Gasteiger partial charge in [-0.05, 0) is 43.7 Å². The van der Waals surface area contributed by atoms with Crippen LogP contribution < -0.4 is 26.0 Å². The van der Waals surface area contributed by atoms with Crippen molar-refractivity contribution in [2.45, 2.75) is 29.9 Å². The number of nitrogens with one attached hydrogen (secondary N) is 2. The molecule has 5 rings (SSSR count). The van der Waals surface area contributed by atoms with Gasteiger partial charge in [0.05, 0.1) is 28.1 Å². The van der Waals surface area contributed by atoms with E-state index in [2.05, 4.69) is 67.6 Å². The molecule has 18 heteroatoms. The summed E-state index contributed by atoms with van der Waals surface area (Å²) in [6.45, 7) is 5.64. The molecule has 1 aliphatic heterocycles. The molecule has 47 heavy (non-hydrogen) atoms. The molecule has 0 unspecified atom stereocenters. The van der Waals surface area contributed by atoms with Crippen LogP contribution in [0.3, 0.4) is 0 Å². The maximum absolute atomic E-state index is 14.6. The number of aryl methyl sites for hydroxylation is 2. The van der Waals surface area contributed by atoms with Crippen molar-refractivity contribution < 1.29 is 13.9 Å². The summed E-state index contributed by atoms with van der Waals surface area (Å²) in [4.78, 5) is 39.6. The molecule has 0 fully saturated rings. The predicted molar refractivity (Wildman–Crippen MR) is 203 cm³/mol. The highest BCUT2D eigenvalue weighted by atomic mass is 19.1. The molecule has 0 radical (unpaired) electrons. The van der Waals surface area contributed by atoms with Crippen LogP contribution in [0.15, 0.2) is 54.0 Å². The molecule has 2 aromatic heterocycles. The lowest BCUT2D eigenvalue weighted by Crippen LogP contribution is -2.50. The zero-order chi connectivity index (χ0) is 34.3. The second-order valence-electron chi connectivity index (χ2n) is 14.0. The van der Waals surface area contributed by atoms with Gasteiger partial charge in [-0.2, -0.15) is 4.98 Å². The monoisotopic (exact) mass is 632 g/mol. The third-order valence-electron chi connectivity index (χ3n) is 8.30. The Labute approximate surface area is 279 Å². The molecular weight excluding hydrogens is 592 g/mol. The van der Waals surface area contributed by atoms with Gasteiger partial charge in [0, 0.05) is 56.4 Å². The molecule has 2 N–H and O–H groups in total. The summed E-state index contributed by atoms with van der Waals surface area (Å²) in [6, 6.07) is 8.15. The number of hydrogen-bond acceptors (Lipinski definition) is 8. The topological polar surface area (TPSA) is 110 Å². The summed E-state index contributed by atoms with van der Waals surface area (Å²) in [5.41, 5.74) is 3.51. The Balaban J connectivity index is 1.57. The van der Waals surface area contributed by atoms with Crippen molar-refractivity contribution in [3.63, 3.8) is 0 Å². The number of likely N-dealkylation sites (N-methyl/N-ethyl adjacent to an activating group) is 2. The van der Waals surface area contributed by atoms with Gasteiger partial charge in [-0.3, -0.25) is 9.36 Å². The van der Waals surface area contributed by atoms with E-state index in [1.165, 1.54) is 22.8 Å². The molecule has 0 bridgehead atoms. The van der Waals surface area contributed by atoms with Gasteiger partial charge < -0.3 is 25.2 Å². The van der Waals surface area contributed by atoms with Crippen molar-refractivity contribution in [1.29, 1.82) is 0 Å². The van der Waals surface area contributed by atoms with Gasteiger partial charge in [0.25, 0.3) is 0 Å². The van der Waals surface area contributed by atoms with Gasteiger partial charge in [-0.25, -0.2) is 18.7 Å². The molecule has 0 atom stereocenters. The fourth-order valence-electron chi connectivity index (χ4n) is 5.58. The number of nitrogens with zero attached hydrogens (tertiary/aromatic N) is 6. The Hall–Kier alpha value is -4.32. The molecule has 4 aromatic rings. The quantitative estimate of drug-likeness (QED) is 0.129. The number of carbonyl (C=O) groups excluding carboxylic acids is 1. The summed E-state index contributed by atoms with van der Waals surface area (Å²) < 4.78 is 24.2. The molecule has 1 amide bonds. The van der Waals surface area contributed by atoms with E-state index >= 15 is 0 Å². The van der Waals surface area contributed by atoms with Crippen molar-refractivity contribution in [2.24, 2.45) is 0 Å². The molecule has 0 spiro atoms. The van der Waals surface area contributed by atoms with Gasteiger partial charge >= 0.3 is 5.69 Å². The van der Waals surface area contributed by atoms with E-state index in [4.69, 9.17) is 4.74 Å². The smallest absolute Gasteiger partial charge is 0.334 e. The van der Waals surface area contributed by atoms with Gasteiger partial charge in [0.1, 0.15) is 64.5 Å². The SMILES string of the molecule is BC(B)(B)Oc1cc(N(C)CCN(C)C(B)(B)B)c(NC(=O)C=C)cc1Nc1nccc(-n2c(=O)n3c4c(cc(F)cc42)CCC3)n1. The molecular formula is C29H39B6FN8O3. The average molecular weight is 632 g/mol. The summed E-state index contributed by atoms with van der Waals surface area (Å²) in [7, 11) is 16.4. The first-order valence-electron chi connectivity index (χ1n) is 15.8. The van der Waals surface area contributed by atoms with E-state index in [0.29, 0.717) is 48.0 Å². The van der Waals surface area contributed by atoms with E-state index in [0.717, 1.165) is 29.7 Å². The Morgan fingerprint density at radius 3 is 2.55 bits per heavy atom. The first-order valence-corrected chi connectivity index (χ1v) is 15.8. The third kappa shape index (κ3) is 7.48. The van der Waals surface area contributed by atoms with Crippen molar-refractivity contribution in [2.75, 3.05) is 42.7 Å². The number of benzene rings is 2. The minimum absolute atomic E-state index is 0.00373. The lowest BCUT2D eigenvalue weighted by molar-refractivity contribution is -0.111. The Bertz CT molecular complexity index is 1910. The number of hydrogen-bond donors (Lipinski definition) is 2. The van der Waals surface area contributed by atoms with E-state index in [9.17, 15) is 14.0 Å². The van der Waals surface area contributed by atoms with Crippen LogP contribution in [-0.4, -0.2) is 115 Å². The van der Waals surface area contributed by atoms with Crippen LogP contribution >= 0.6 is 0 Å². The van der Waals surface area contributed by atoms with Crippen LogP contribution in [0, 0.1) is 5.82 Å². The highest BCUT2D eigenvalue weighted by molar-refractivity contribution is 6.59. The van der Waals surface area contributed by atoms with Crippen molar-refractivity contribution in [3.05, 3.63) is 71.0 Å². The van der Waals surface area contributed by atoms with Gasteiger partial charge in [0.15, 0.2) is 0 Å². The Kier molecular flexibility index (Phi) is 9.45. The van der Waals surface area contributed by atoms with Gasteiger partial charge in [-0.15, -0.1) is 0 Å². The largest absolute Gasteiger partial charge is 0.511 e. The lowest BCUT2D eigenvalue weighted by Gasteiger charge is -2.34. The van der Waals surface area contributed by atoms with Crippen molar-refractivity contribution in [1.82, 2.24) is 24.0 Å². The summed E-state index contributed by atoms with van der Waals surface area (Å²) in [5, 5.41) is 5.62. The summed E-state index contributed by atoms with van der Waals surface area (Å²) in [5.74, 6) is 0.239. The zero-order valence-electron chi connectivity index (χ0n) is 28.6. The Morgan fingerprint density at radius 2 is 1.87 bits per heavy atom. The highest BCUT2D eigenvalue weighted by Crippen LogP contribution is 2.39. The standard InChI is InChI=1S/C29H39B6FN8O3/c1-4-24(45)38-18-14-19(22(47-29(33,34)35)15-20(18)41(2)10-11-42(3)28(30,31)32)39-26-37-8-7-23(40-26)44-21-13-17(36)12-16-6-5-9-43(25(16)21)27(44)46/h4,7-8,12-15H,1,5-6,9-11,30-35H2,2-3H3,(H,38,45)(H,37,39,40). The van der Waals surface area contributed by atoms with Crippen LogP contribution in [0.4, 0.5) is 27.4 Å². The molecule has 11 nitrogen and oxygen atoms in total. The second kappa shape index (κ2) is 13.1. The molecule has 238 valence electrons. The fraction of sp³-hybridized carbons (Fsp3) is 0.310. The van der Waals surface area contributed by atoms with Crippen LogP contribution in [0.5, 0.6) is 5.75 Å². The van der Waals surface area contributed by atoms with Crippen molar-refractivity contribution >= 4 is 87.0 Å². The normalized spacial score (nSPS) is 13.0. The molecule has 3 heterocycles. The molecule has 0 aliphatic carbocycles. The molecule has 0 saturated carbocycles. The van der Waals surface area contributed by atoms with Gasteiger partial charge in [-0.1, -0.05) is 11.8 Å². The zero-order valence-corrected chi connectivity index (χ0v) is 28.6. The minimum atomic E-state index is -0.559. The number of anilines is 4. The van der Waals surface area contributed by atoms with Crippen LogP contribution in [-0.2, 0) is 17.8 Å². The number of halogens is 1. The number of imidazole rings is 1. The van der Waals surface area contributed by atoms with E-state index in [1.807, 2.05) is 36.7 Å². The average Bonchev–Trinajstić information content (AvgIpc) is 3.27. The first kappa shape index (κ1) is 34.0. The number of carbonyl (C=O) groups is 1. The fourth-order valence-corrected chi connectivity index (χ4v) is 5.58. The van der Waals surface area contributed by atoms with Crippen molar-refractivity contribution in [3.8, 4) is 11.6 Å². The first-order chi connectivity index (χ1) is 22.1. The maximum atomic E-state index is 14.6. The number of ether oxygens (including phenoxy) is 1. The van der Waals surface area contributed by atoms with E-state index in [-0.39, 0.29) is 22.8 Å². The Morgan fingerprint density at radius 1 is 1.13 bits per heavy atom. The number of rotatable bonds is 12. The van der Waals surface area contributed by atoms with Crippen LogP contribution in [0.25, 0.3) is 16.9 Å². The molecule has 0 saturated heterocycles. The van der Waals surface area contributed by atoms with E-state index < -0.39 is 11.1 Å². The minimum Gasteiger partial charge on any atom is -0.511 e. The number of aromatic nitrogens is 4.